The van der Waals surface area contributed by atoms with Crippen LogP contribution in [0.5, 0.6) is 0 Å². The van der Waals surface area contributed by atoms with Crippen molar-refractivity contribution in [3.05, 3.63) is 51.0 Å². The van der Waals surface area contributed by atoms with Crippen LogP contribution in [0.1, 0.15) is 38.5 Å². The van der Waals surface area contributed by atoms with Crippen molar-refractivity contribution in [2.45, 2.75) is 26.3 Å². The van der Waals surface area contributed by atoms with Crippen molar-refractivity contribution in [2.24, 2.45) is 0 Å². The van der Waals surface area contributed by atoms with Gasteiger partial charge in [0.25, 0.3) is 17.6 Å². The molecule has 1 aromatic carbocycles. The normalized spacial score (nSPS) is 12.2. The van der Waals surface area contributed by atoms with E-state index in [4.69, 9.17) is 6.42 Å². The number of fused-ring (bicyclic) bond motifs is 1. The van der Waals surface area contributed by atoms with Gasteiger partial charge in [0, 0.05) is 17.9 Å². The van der Waals surface area contributed by atoms with Crippen molar-refractivity contribution >= 4 is 39.2 Å². The van der Waals surface area contributed by atoms with Crippen LogP contribution in [-0.4, -0.2) is 28.7 Å². The molecule has 1 aliphatic heterocycles. The number of nitrogens with one attached hydrogen (secondary N) is 2. The quantitative estimate of drug-likeness (QED) is 0.421. The van der Waals surface area contributed by atoms with Crippen LogP contribution in [0.2, 0.25) is 0 Å². The summed E-state index contributed by atoms with van der Waals surface area (Å²) in [5.74, 6) is -0.125. The second kappa shape index (κ2) is 7.98. The summed E-state index contributed by atoms with van der Waals surface area (Å²) in [6.45, 7) is 2.17. The molecule has 2 aromatic rings. The number of Topliss-reactive ketones (excluding diaryl/α,β-unsaturated/α-hetero) is 1. The van der Waals surface area contributed by atoms with Gasteiger partial charge in [-0.25, -0.2) is 4.39 Å². The van der Waals surface area contributed by atoms with Crippen molar-refractivity contribution in [2.75, 3.05) is 11.9 Å². The molecule has 3 rings (SSSR count). The molecular weight excluding hydrogens is 429 g/mol. The Morgan fingerprint density at radius 3 is 2.79 bits per heavy atom. The minimum absolute atomic E-state index is 0.0492. The molecule has 0 aliphatic carbocycles. The fourth-order valence-electron chi connectivity index (χ4n) is 3.40. The summed E-state index contributed by atoms with van der Waals surface area (Å²) in [4.78, 5) is 37.6. The van der Waals surface area contributed by atoms with Crippen molar-refractivity contribution in [1.82, 2.24) is 9.88 Å². The summed E-state index contributed by atoms with van der Waals surface area (Å²) in [6.07, 6.45) is 6.48. The predicted octanol–water partition coefficient (Wildman–Crippen LogP) is 2.83. The van der Waals surface area contributed by atoms with Crippen LogP contribution < -0.4 is 10.6 Å². The molecule has 2 N–H and O–H groups in total. The molecule has 1 aromatic heterocycles. The maximum Gasteiger partial charge on any atom is 0.293 e. The third-order valence-electron chi connectivity index (χ3n) is 4.59. The Balaban J connectivity index is 1.95. The number of anilines is 1. The van der Waals surface area contributed by atoms with E-state index >= 15 is 0 Å². The zero-order chi connectivity index (χ0) is 20.4. The summed E-state index contributed by atoms with van der Waals surface area (Å²) < 4.78 is 15.4. The van der Waals surface area contributed by atoms with E-state index in [0.29, 0.717) is 35.6 Å². The van der Waals surface area contributed by atoms with Crippen LogP contribution in [0, 0.1) is 25.1 Å². The Hall–Kier alpha value is -2.92. The number of carbonyl (C=O) groups is 3. The van der Waals surface area contributed by atoms with Crippen molar-refractivity contribution in [3.8, 4) is 12.3 Å². The molecule has 0 saturated heterocycles. The van der Waals surface area contributed by atoms with E-state index < -0.39 is 23.4 Å². The lowest BCUT2D eigenvalue weighted by atomic mass is 10.0. The Morgan fingerprint density at radius 2 is 2.11 bits per heavy atom. The van der Waals surface area contributed by atoms with Gasteiger partial charge in [-0.3, -0.25) is 14.4 Å². The Morgan fingerprint density at radius 1 is 1.36 bits per heavy atom. The Kier molecular flexibility index (Phi) is 5.66. The number of aromatic nitrogens is 1. The van der Waals surface area contributed by atoms with Gasteiger partial charge in [0.05, 0.1) is 16.6 Å². The van der Waals surface area contributed by atoms with Crippen molar-refractivity contribution in [1.29, 1.82) is 0 Å². The van der Waals surface area contributed by atoms with Crippen LogP contribution in [0.4, 0.5) is 10.1 Å². The second-order valence-corrected chi connectivity index (χ2v) is 7.20. The number of halogens is 2. The van der Waals surface area contributed by atoms with Crippen molar-refractivity contribution in [3.63, 3.8) is 0 Å². The summed E-state index contributed by atoms with van der Waals surface area (Å²) in [7, 11) is 0. The molecule has 0 atom stereocenters. The first-order valence-electron chi connectivity index (χ1n) is 8.59. The minimum Gasteiger partial charge on any atom is -0.340 e. The van der Waals surface area contributed by atoms with E-state index in [2.05, 4.69) is 32.5 Å². The highest BCUT2D eigenvalue weighted by Crippen LogP contribution is 2.30. The van der Waals surface area contributed by atoms with Crippen LogP contribution in [0.3, 0.4) is 0 Å². The molecule has 0 spiro atoms. The highest BCUT2D eigenvalue weighted by Gasteiger charge is 2.32. The number of amides is 2. The molecule has 1 aliphatic rings. The molecule has 0 bridgehead atoms. The van der Waals surface area contributed by atoms with Crippen LogP contribution >= 0.6 is 15.9 Å². The molecule has 0 radical (unpaired) electrons. The van der Waals surface area contributed by atoms with Gasteiger partial charge >= 0.3 is 0 Å². The third kappa shape index (κ3) is 3.58. The molecule has 2 heterocycles. The average molecular weight is 446 g/mol. The van der Waals surface area contributed by atoms with E-state index in [1.807, 2.05) is 0 Å². The van der Waals surface area contributed by atoms with Gasteiger partial charge in [-0.2, -0.15) is 0 Å². The monoisotopic (exact) mass is 445 g/mol. The first kappa shape index (κ1) is 19.8. The SMILES string of the molecule is C#CCNC(=O)C(=O)c1c(C)c(C(=O)Nc2ccc(F)c(Br)c2)n2c1CCC2. The number of hydrogen-bond acceptors (Lipinski definition) is 3. The second-order valence-electron chi connectivity index (χ2n) is 6.35. The largest absolute Gasteiger partial charge is 0.340 e. The number of terminal acetylenes is 1. The van der Waals surface area contributed by atoms with Crippen molar-refractivity contribution < 1.29 is 18.8 Å². The van der Waals surface area contributed by atoms with E-state index in [1.54, 1.807) is 11.5 Å². The fourth-order valence-corrected chi connectivity index (χ4v) is 3.78. The maximum atomic E-state index is 13.4. The molecule has 0 unspecified atom stereocenters. The number of nitrogens with zero attached hydrogens (tertiary/aromatic N) is 1. The predicted molar refractivity (Wildman–Crippen MR) is 106 cm³/mol. The smallest absolute Gasteiger partial charge is 0.293 e. The first-order chi connectivity index (χ1) is 13.3. The number of carbonyl (C=O) groups excluding carboxylic acids is 3. The van der Waals surface area contributed by atoms with Crippen LogP contribution in [0.25, 0.3) is 0 Å². The average Bonchev–Trinajstić information content (AvgIpc) is 3.21. The van der Waals surface area contributed by atoms with Gasteiger partial charge in [0.2, 0.25) is 0 Å². The van der Waals surface area contributed by atoms with Gasteiger partial charge in [-0.15, -0.1) is 6.42 Å². The highest BCUT2D eigenvalue weighted by molar-refractivity contribution is 9.10. The molecule has 0 fully saturated rings. The molecule has 28 heavy (non-hydrogen) atoms. The topological polar surface area (TPSA) is 80.2 Å². The number of hydrogen-bond donors (Lipinski definition) is 2. The van der Waals surface area contributed by atoms with Crippen LogP contribution in [-0.2, 0) is 17.8 Å². The summed E-state index contributed by atoms with van der Waals surface area (Å²) in [6, 6.07) is 4.14. The van der Waals surface area contributed by atoms with E-state index in [0.717, 1.165) is 6.42 Å². The van der Waals surface area contributed by atoms with Gasteiger partial charge in [-0.1, -0.05) is 5.92 Å². The molecule has 2 amide bonds. The zero-order valence-electron chi connectivity index (χ0n) is 15.1. The van der Waals surface area contributed by atoms with E-state index in [1.165, 1.54) is 18.2 Å². The van der Waals surface area contributed by atoms with Gasteiger partial charge < -0.3 is 15.2 Å². The lowest BCUT2D eigenvalue weighted by Crippen LogP contribution is -2.32. The molecule has 0 saturated carbocycles. The van der Waals surface area contributed by atoms with Gasteiger partial charge in [-0.05, 0) is 59.5 Å². The van der Waals surface area contributed by atoms with Gasteiger partial charge in [0.15, 0.2) is 0 Å². The Labute approximate surface area is 169 Å². The number of ketones is 1. The molecule has 144 valence electrons. The van der Waals surface area contributed by atoms with Crippen LogP contribution in [0.15, 0.2) is 22.7 Å². The zero-order valence-corrected chi connectivity index (χ0v) is 16.7. The lowest BCUT2D eigenvalue weighted by molar-refractivity contribution is -0.116. The highest BCUT2D eigenvalue weighted by atomic mass is 79.9. The minimum atomic E-state index is -0.796. The number of benzene rings is 1. The number of rotatable bonds is 5. The fraction of sp³-hybridized carbons (Fsp3) is 0.250. The molecule has 6 nitrogen and oxygen atoms in total. The van der Waals surface area contributed by atoms with E-state index in [-0.39, 0.29) is 16.6 Å². The molecule has 8 heteroatoms. The summed E-state index contributed by atoms with van der Waals surface area (Å²) in [5.41, 5.74) is 2.09. The van der Waals surface area contributed by atoms with E-state index in [9.17, 15) is 18.8 Å². The first-order valence-corrected chi connectivity index (χ1v) is 9.38. The van der Waals surface area contributed by atoms with Gasteiger partial charge in [0.1, 0.15) is 11.5 Å². The lowest BCUT2D eigenvalue weighted by Gasteiger charge is -2.09. The maximum absolute atomic E-state index is 13.4. The summed E-state index contributed by atoms with van der Waals surface area (Å²) in [5, 5.41) is 5.08. The summed E-state index contributed by atoms with van der Waals surface area (Å²) >= 11 is 3.08. The standard InChI is InChI=1S/C20H17BrFN3O3/c1-3-8-23-20(28)18(26)16-11(2)17(25-9-4-5-15(16)25)19(27)24-12-6-7-14(22)13(21)10-12/h1,6-7,10H,4-5,8-9H2,2H3,(H,23,28)(H,24,27). The Bertz CT molecular complexity index is 1040. The molecular formula is C20H17BrFN3O3. The third-order valence-corrected chi connectivity index (χ3v) is 5.19.